The van der Waals surface area contributed by atoms with E-state index >= 15 is 0 Å². The Hall–Kier alpha value is -0.680. The van der Waals surface area contributed by atoms with Crippen molar-refractivity contribution < 1.29 is 9.18 Å². The van der Waals surface area contributed by atoms with Crippen LogP contribution in [-0.2, 0) is 0 Å². The van der Waals surface area contributed by atoms with Gasteiger partial charge in [0.2, 0.25) is 0 Å². The molecule has 0 aliphatic rings. The molecule has 0 spiro atoms. The molecule has 1 unspecified atom stereocenters. The molecule has 1 aromatic carbocycles. The number of halogens is 1. The van der Waals surface area contributed by atoms with Gasteiger partial charge in [-0.2, -0.15) is 11.8 Å². The van der Waals surface area contributed by atoms with E-state index < -0.39 is 5.82 Å². The molecule has 0 aliphatic heterocycles. The molecular weight excluding hydrogens is 257 g/mol. The van der Waals surface area contributed by atoms with Crippen LogP contribution in [0.5, 0.6) is 0 Å². The van der Waals surface area contributed by atoms with E-state index in [0.29, 0.717) is 4.90 Å². The van der Waals surface area contributed by atoms with E-state index in [2.05, 4.69) is 24.9 Å². The third kappa shape index (κ3) is 4.60. The van der Waals surface area contributed by atoms with Crippen molar-refractivity contribution in [3.63, 3.8) is 0 Å². The van der Waals surface area contributed by atoms with Crippen molar-refractivity contribution in [3.05, 3.63) is 29.6 Å². The summed E-state index contributed by atoms with van der Waals surface area (Å²) in [5.74, 6) is 0.920. The third-order valence-electron chi connectivity index (χ3n) is 2.14. The molecule has 0 fully saturated rings. The average molecular weight is 273 g/mol. The topological polar surface area (TPSA) is 29.1 Å². The number of hydrogen-bond acceptors (Lipinski definition) is 3. The molecule has 0 radical (unpaired) electrons. The minimum atomic E-state index is -0.518. The smallest absolute Gasteiger partial charge is 0.254 e. The van der Waals surface area contributed by atoms with Crippen LogP contribution in [0, 0.1) is 5.82 Å². The molecule has 5 heteroatoms. The first-order chi connectivity index (χ1) is 8.04. The number of amides is 1. The van der Waals surface area contributed by atoms with Crippen molar-refractivity contribution in [1.82, 2.24) is 5.32 Å². The molecule has 17 heavy (non-hydrogen) atoms. The fourth-order valence-electron chi connectivity index (χ4n) is 1.33. The van der Waals surface area contributed by atoms with Crippen molar-refractivity contribution in [2.45, 2.75) is 24.8 Å². The largest absolute Gasteiger partial charge is 0.349 e. The van der Waals surface area contributed by atoms with E-state index in [1.54, 1.807) is 11.8 Å². The Labute approximate surface area is 111 Å². The summed E-state index contributed by atoms with van der Waals surface area (Å²) in [4.78, 5) is 12.4. The van der Waals surface area contributed by atoms with Crippen LogP contribution < -0.4 is 5.32 Å². The lowest BCUT2D eigenvalue weighted by Crippen LogP contribution is -2.34. The summed E-state index contributed by atoms with van der Waals surface area (Å²) < 4.78 is 13.4. The Kier molecular flexibility index (Phi) is 5.85. The highest BCUT2D eigenvalue weighted by Gasteiger charge is 2.14. The molecule has 0 heterocycles. The lowest BCUT2D eigenvalue weighted by molar-refractivity contribution is 0.0939. The van der Waals surface area contributed by atoms with Gasteiger partial charge in [0.05, 0.1) is 5.56 Å². The van der Waals surface area contributed by atoms with E-state index in [1.807, 2.05) is 6.92 Å². The van der Waals surface area contributed by atoms with E-state index in [9.17, 15) is 9.18 Å². The van der Waals surface area contributed by atoms with Crippen LogP contribution in [-0.4, -0.2) is 23.5 Å². The van der Waals surface area contributed by atoms with Gasteiger partial charge in [-0.25, -0.2) is 4.39 Å². The number of hydrogen-bond donors (Lipinski definition) is 2. The Morgan fingerprint density at radius 3 is 2.94 bits per heavy atom. The van der Waals surface area contributed by atoms with Crippen LogP contribution in [0.25, 0.3) is 0 Å². The second kappa shape index (κ2) is 6.91. The first kappa shape index (κ1) is 14.4. The highest BCUT2D eigenvalue weighted by atomic mass is 32.2. The van der Waals surface area contributed by atoms with Crippen molar-refractivity contribution in [2.24, 2.45) is 0 Å². The molecule has 1 N–H and O–H groups in total. The number of benzene rings is 1. The van der Waals surface area contributed by atoms with E-state index in [0.717, 1.165) is 11.5 Å². The SMILES string of the molecule is CCSCC(C)NC(=O)c1cc(S)ccc1F. The number of nitrogens with one attached hydrogen (secondary N) is 1. The number of rotatable bonds is 5. The van der Waals surface area contributed by atoms with Gasteiger partial charge in [-0.3, -0.25) is 4.79 Å². The lowest BCUT2D eigenvalue weighted by Gasteiger charge is -2.13. The van der Waals surface area contributed by atoms with Crippen molar-refractivity contribution >= 4 is 30.3 Å². The van der Waals surface area contributed by atoms with Crippen molar-refractivity contribution in [1.29, 1.82) is 0 Å². The molecule has 94 valence electrons. The van der Waals surface area contributed by atoms with Gasteiger partial charge in [-0.15, -0.1) is 12.6 Å². The zero-order chi connectivity index (χ0) is 12.8. The monoisotopic (exact) mass is 273 g/mol. The van der Waals surface area contributed by atoms with Gasteiger partial charge in [0.1, 0.15) is 5.82 Å². The lowest BCUT2D eigenvalue weighted by atomic mass is 10.2. The molecule has 1 rings (SSSR count). The van der Waals surface area contributed by atoms with E-state index in [-0.39, 0.29) is 17.5 Å². The summed E-state index contributed by atoms with van der Waals surface area (Å²) in [6, 6.07) is 4.23. The zero-order valence-electron chi connectivity index (χ0n) is 9.87. The minimum absolute atomic E-state index is 0.0235. The molecule has 1 aromatic rings. The molecule has 0 aliphatic carbocycles. The minimum Gasteiger partial charge on any atom is -0.349 e. The molecule has 2 nitrogen and oxygen atoms in total. The molecule has 1 atom stereocenters. The predicted octanol–water partition coefficient (Wildman–Crippen LogP) is 2.99. The second-order valence-electron chi connectivity index (χ2n) is 3.70. The normalized spacial score (nSPS) is 12.2. The van der Waals surface area contributed by atoms with Gasteiger partial charge < -0.3 is 5.32 Å². The Bertz CT molecular complexity index is 398. The summed E-state index contributed by atoms with van der Waals surface area (Å²) in [6.45, 7) is 3.96. The summed E-state index contributed by atoms with van der Waals surface area (Å²) in [7, 11) is 0. The van der Waals surface area contributed by atoms with Gasteiger partial charge in [0.25, 0.3) is 5.91 Å². The van der Waals surface area contributed by atoms with Gasteiger partial charge >= 0.3 is 0 Å². The first-order valence-electron chi connectivity index (χ1n) is 5.41. The number of thioether (sulfide) groups is 1. The van der Waals surface area contributed by atoms with Crippen LogP contribution in [0.15, 0.2) is 23.1 Å². The van der Waals surface area contributed by atoms with Gasteiger partial charge in [-0.05, 0) is 30.9 Å². The van der Waals surface area contributed by atoms with Crippen molar-refractivity contribution in [2.75, 3.05) is 11.5 Å². The highest BCUT2D eigenvalue weighted by Crippen LogP contribution is 2.13. The standard InChI is InChI=1S/C12H16FNOS2/c1-3-17-7-8(2)14-12(15)10-6-9(16)4-5-11(10)13/h4-6,8,16H,3,7H2,1-2H3,(H,14,15). The molecule has 0 saturated heterocycles. The van der Waals surface area contributed by atoms with Crippen LogP contribution in [0.2, 0.25) is 0 Å². The molecule has 0 aromatic heterocycles. The fourth-order valence-corrected chi connectivity index (χ4v) is 2.20. The summed E-state index contributed by atoms with van der Waals surface area (Å²) in [5.41, 5.74) is 0.0471. The summed E-state index contributed by atoms with van der Waals surface area (Å²) in [6.07, 6.45) is 0. The molecule has 1 amide bonds. The van der Waals surface area contributed by atoms with Gasteiger partial charge in [0.15, 0.2) is 0 Å². The quantitative estimate of drug-likeness (QED) is 0.808. The average Bonchev–Trinajstić information content (AvgIpc) is 2.29. The summed E-state index contributed by atoms with van der Waals surface area (Å²) in [5, 5.41) is 2.77. The molecule has 0 saturated carbocycles. The zero-order valence-corrected chi connectivity index (χ0v) is 11.6. The fraction of sp³-hybridized carbons (Fsp3) is 0.417. The van der Waals surface area contributed by atoms with Gasteiger partial charge in [0, 0.05) is 16.7 Å². The Morgan fingerprint density at radius 1 is 1.59 bits per heavy atom. The number of carbonyl (C=O) groups is 1. The Morgan fingerprint density at radius 2 is 2.29 bits per heavy atom. The van der Waals surface area contributed by atoms with Crippen LogP contribution in [0.4, 0.5) is 4.39 Å². The van der Waals surface area contributed by atoms with Crippen LogP contribution in [0.1, 0.15) is 24.2 Å². The maximum atomic E-state index is 13.4. The molecule has 0 bridgehead atoms. The maximum Gasteiger partial charge on any atom is 0.254 e. The van der Waals surface area contributed by atoms with E-state index in [1.165, 1.54) is 18.2 Å². The second-order valence-corrected chi connectivity index (χ2v) is 5.53. The van der Waals surface area contributed by atoms with Crippen molar-refractivity contribution in [3.8, 4) is 0 Å². The maximum absolute atomic E-state index is 13.4. The van der Waals surface area contributed by atoms with Crippen LogP contribution in [0.3, 0.4) is 0 Å². The Balaban J connectivity index is 2.66. The number of thiol groups is 1. The van der Waals surface area contributed by atoms with Crippen LogP contribution >= 0.6 is 24.4 Å². The molecular formula is C12H16FNOS2. The predicted molar refractivity (Wildman–Crippen MR) is 73.6 cm³/mol. The number of carbonyl (C=O) groups excluding carboxylic acids is 1. The van der Waals surface area contributed by atoms with Gasteiger partial charge in [-0.1, -0.05) is 6.92 Å². The first-order valence-corrected chi connectivity index (χ1v) is 7.02. The third-order valence-corrected chi connectivity index (χ3v) is 3.57. The summed E-state index contributed by atoms with van der Waals surface area (Å²) >= 11 is 5.83. The highest BCUT2D eigenvalue weighted by molar-refractivity contribution is 7.99. The van der Waals surface area contributed by atoms with E-state index in [4.69, 9.17) is 0 Å².